The monoisotopic (exact) mass is 225 g/mol. The van der Waals surface area contributed by atoms with E-state index in [0.29, 0.717) is 6.54 Å². The van der Waals surface area contributed by atoms with Crippen LogP contribution in [0, 0.1) is 0 Å². The number of hydrogen-bond donors (Lipinski definition) is 1. The maximum Gasteiger partial charge on any atom is 0.0175 e. The molecule has 0 radical (unpaired) electrons. The van der Waals surface area contributed by atoms with Gasteiger partial charge in [0.1, 0.15) is 0 Å². The number of benzene rings is 1. The Morgan fingerprint density at radius 2 is 2.00 bits per heavy atom. The summed E-state index contributed by atoms with van der Waals surface area (Å²) in [4.78, 5) is 0. The lowest BCUT2D eigenvalue weighted by Gasteiger charge is -1.96. The van der Waals surface area contributed by atoms with Gasteiger partial charge < -0.3 is 5.73 Å². The minimum absolute atomic E-state index is 0.621. The third-order valence-corrected chi connectivity index (χ3v) is 2.13. The first-order valence-electron chi connectivity index (χ1n) is 3.85. The second-order valence-electron chi connectivity index (χ2n) is 2.75. The zero-order valence-electron chi connectivity index (χ0n) is 7.05. The number of halogens is 1. The fraction of sp³-hybridized carbons (Fsp3) is 0.200. The van der Waals surface area contributed by atoms with Gasteiger partial charge in [-0.3, -0.25) is 0 Å². The highest BCUT2D eigenvalue weighted by Gasteiger charge is 1.89. The fourth-order valence-electron chi connectivity index (χ4n) is 0.902. The lowest BCUT2D eigenvalue weighted by molar-refractivity contribution is 1.15. The van der Waals surface area contributed by atoms with Crippen molar-refractivity contribution in [1.82, 2.24) is 0 Å². The van der Waals surface area contributed by atoms with E-state index in [1.165, 1.54) is 11.1 Å². The number of nitrogens with two attached hydrogens (primary N) is 1. The Balaban J connectivity index is 2.84. The van der Waals surface area contributed by atoms with E-state index in [4.69, 9.17) is 5.73 Å². The third-order valence-electron chi connectivity index (χ3n) is 1.61. The molecular weight excluding hydrogens is 214 g/mol. The maximum absolute atomic E-state index is 5.47. The standard InChI is InChI=1S/C10H12BrN/c1-8(7-12)6-9-2-4-10(11)5-3-9/h2-6H,7,12H2,1H3/b8-6-. The molecule has 0 aliphatic carbocycles. The van der Waals surface area contributed by atoms with Crippen molar-refractivity contribution < 1.29 is 0 Å². The molecule has 1 aromatic carbocycles. The van der Waals surface area contributed by atoms with Crippen molar-refractivity contribution in [3.05, 3.63) is 39.9 Å². The third kappa shape index (κ3) is 2.80. The van der Waals surface area contributed by atoms with Crippen LogP contribution in [0.3, 0.4) is 0 Å². The first kappa shape index (κ1) is 9.49. The average molecular weight is 226 g/mol. The summed E-state index contributed by atoms with van der Waals surface area (Å²) in [5, 5.41) is 0. The van der Waals surface area contributed by atoms with Crippen LogP contribution in [0.5, 0.6) is 0 Å². The summed E-state index contributed by atoms with van der Waals surface area (Å²) >= 11 is 3.38. The van der Waals surface area contributed by atoms with E-state index in [-0.39, 0.29) is 0 Å². The molecule has 0 saturated heterocycles. The first-order valence-corrected chi connectivity index (χ1v) is 4.64. The highest BCUT2D eigenvalue weighted by Crippen LogP contribution is 2.12. The Bertz CT molecular complexity index is 274. The van der Waals surface area contributed by atoms with Crippen molar-refractivity contribution in [3.8, 4) is 0 Å². The maximum atomic E-state index is 5.47. The van der Waals surface area contributed by atoms with Gasteiger partial charge in [-0.25, -0.2) is 0 Å². The fourth-order valence-corrected chi connectivity index (χ4v) is 1.17. The van der Waals surface area contributed by atoms with Crippen LogP contribution >= 0.6 is 15.9 Å². The molecule has 1 aromatic rings. The van der Waals surface area contributed by atoms with Gasteiger partial charge in [0, 0.05) is 11.0 Å². The van der Waals surface area contributed by atoms with Gasteiger partial charge >= 0.3 is 0 Å². The Labute approximate surface area is 81.4 Å². The summed E-state index contributed by atoms with van der Waals surface area (Å²) in [5.74, 6) is 0. The summed E-state index contributed by atoms with van der Waals surface area (Å²) in [6, 6.07) is 8.16. The molecule has 0 aromatic heterocycles. The second-order valence-corrected chi connectivity index (χ2v) is 3.66. The van der Waals surface area contributed by atoms with Crippen LogP contribution < -0.4 is 5.73 Å². The van der Waals surface area contributed by atoms with E-state index in [1.54, 1.807) is 0 Å². The molecule has 12 heavy (non-hydrogen) atoms. The van der Waals surface area contributed by atoms with Gasteiger partial charge in [-0.1, -0.05) is 39.7 Å². The van der Waals surface area contributed by atoms with Crippen molar-refractivity contribution in [2.45, 2.75) is 6.92 Å². The largest absolute Gasteiger partial charge is 0.327 e. The van der Waals surface area contributed by atoms with Gasteiger partial charge in [-0.05, 0) is 24.6 Å². The molecule has 0 amide bonds. The predicted molar refractivity (Wildman–Crippen MR) is 56.8 cm³/mol. The Kier molecular flexibility index (Phi) is 3.50. The molecule has 0 spiro atoms. The highest BCUT2D eigenvalue weighted by molar-refractivity contribution is 9.10. The average Bonchev–Trinajstić information content (AvgIpc) is 2.09. The van der Waals surface area contributed by atoms with Crippen LogP contribution in [0.25, 0.3) is 6.08 Å². The molecular formula is C10H12BrN. The molecule has 0 aliphatic heterocycles. The molecule has 1 rings (SSSR count). The summed E-state index contributed by atoms with van der Waals surface area (Å²) in [6.45, 7) is 2.65. The van der Waals surface area contributed by atoms with Gasteiger partial charge in [0.15, 0.2) is 0 Å². The second kappa shape index (κ2) is 4.43. The van der Waals surface area contributed by atoms with Gasteiger partial charge in [0.05, 0.1) is 0 Å². The van der Waals surface area contributed by atoms with Crippen molar-refractivity contribution >= 4 is 22.0 Å². The normalized spacial score (nSPS) is 11.8. The number of rotatable bonds is 2. The minimum Gasteiger partial charge on any atom is -0.327 e. The summed E-state index contributed by atoms with van der Waals surface area (Å²) in [6.07, 6.45) is 2.09. The van der Waals surface area contributed by atoms with Crippen molar-refractivity contribution in [1.29, 1.82) is 0 Å². The van der Waals surface area contributed by atoms with Gasteiger partial charge in [-0.2, -0.15) is 0 Å². The molecule has 0 fully saturated rings. The first-order chi connectivity index (χ1) is 5.72. The van der Waals surface area contributed by atoms with Crippen LogP contribution in [-0.4, -0.2) is 6.54 Å². The zero-order valence-corrected chi connectivity index (χ0v) is 8.64. The molecule has 0 aliphatic rings. The Hall–Kier alpha value is -0.600. The molecule has 0 unspecified atom stereocenters. The van der Waals surface area contributed by atoms with Crippen molar-refractivity contribution in [2.75, 3.05) is 6.54 Å². The number of hydrogen-bond acceptors (Lipinski definition) is 1. The molecule has 0 atom stereocenters. The lowest BCUT2D eigenvalue weighted by Crippen LogP contribution is -1.99. The molecule has 2 N–H and O–H groups in total. The minimum atomic E-state index is 0.621. The van der Waals surface area contributed by atoms with Crippen LogP contribution in [-0.2, 0) is 0 Å². The van der Waals surface area contributed by atoms with Crippen LogP contribution in [0.1, 0.15) is 12.5 Å². The molecule has 2 heteroatoms. The summed E-state index contributed by atoms with van der Waals surface area (Å²) in [5.41, 5.74) is 7.86. The van der Waals surface area contributed by atoms with Gasteiger partial charge in [0.2, 0.25) is 0 Å². The SMILES string of the molecule is C/C(=C/c1ccc(Br)cc1)CN. The van der Waals surface area contributed by atoms with Crippen molar-refractivity contribution in [3.63, 3.8) is 0 Å². The topological polar surface area (TPSA) is 26.0 Å². The molecule has 64 valence electrons. The van der Waals surface area contributed by atoms with Gasteiger partial charge in [0.25, 0.3) is 0 Å². The van der Waals surface area contributed by atoms with E-state index in [0.717, 1.165) is 4.47 Å². The van der Waals surface area contributed by atoms with E-state index in [2.05, 4.69) is 34.1 Å². The molecule has 1 nitrogen and oxygen atoms in total. The van der Waals surface area contributed by atoms with E-state index in [9.17, 15) is 0 Å². The Morgan fingerprint density at radius 1 is 1.42 bits per heavy atom. The Morgan fingerprint density at radius 3 is 2.50 bits per heavy atom. The van der Waals surface area contributed by atoms with Crippen molar-refractivity contribution in [2.24, 2.45) is 5.73 Å². The van der Waals surface area contributed by atoms with Gasteiger partial charge in [-0.15, -0.1) is 0 Å². The molecule has 0 bridgehead atoms. The van der Waals surface area contributed by atoms with E-state index >= 15 is 0 Å². The van der Waals surface area contributed by atoms with Crippen LogP contribution in [0.2, 0.25) is 0 Å². The quantitative estimate of drug-likeness (QED) is 0.824. The summed E-state index contributed by atoms with van der Waals surface area (Å²) in [7, 11) is 0. The van der Waals surface area contributed by atoms with Crippen LogP contribution in [0.4, 0.5) is 0 Å². The van der Waals surface area contributed by atoms with E-state index in [1.807, 2.05) is 19.1 Å². The zero-order chi connectivity index (χ0) is 8.97. The molecule has 0 heterocycles. The summed E-state index contributed by atoms with van der Waals surface area (Å²) < 4.78 is 1.10. The van der Waals surface area contributed by atoms with E-state index < -0.39 is 0 Å². The lowest BCUT2D eigenvalue weighted by atomic mass is 10.1. The highest BCUT2D eigenvalue weighted by atomic mass is 79.9. The predicted octanol–water partition coefficient (Wildman–Crippen LogP) is 2.81. The van der Waals surface area contributed by atoms with Crippen LogP contribution in [0.15, 0.2) is 34.3 Å². The smallest absolute Gasteiger partial charge is 0.0175 e. The molecule has 0 saturated carbocycles.